The SMILES string of the molecule is CC(C)(NC(=O)n1ccnc1)C1CCC1. The van der Waals surface area contributed by atoms with E-state index >= 15 is 0 Å². The van der Waals surface area contributed by atoms with Crippen LogP contribution in [0, 0.1) is 5.92 Å². The number of hydrogen-bond acceptors (Lipinski definition) is 2. The highest BCUT2D eigenvalue weighted by molar-refractivity contribution is 5.77. The first-order valence-corrected chi connectivity index (χ1v) is 5.40. The number of hydrogen-bond donors (Lipinski definition) is 1. The van der Waals surface area contributed by atoms with E-state index in [0.717, 1.165) is 0 Å². The maximum absolute atomic E-state index is 11.8. The van der Waals surface area contributed by atoms with Crippen molar-refractivity contribution in [1.82, 2.24) is 14.9 Å². The fourth-order valence-corrected chi connectivity index (χ4v) is 1.95. The number of aromatic nitrogens is 2. The molecule has 0 bridgehead atoms. The van der Waals surface area contributed by atoms with Crippen molar-refractivity contribution in [3.05, 3.63) is 18.7 Å². The van der Waals surface area contributed by atoms with E-state index in [1.54, 1.807) is 12.4 Å². The number of carbonyl (C=O) groups is 1. The molecule has 1 amide bonds. The van der Waals surface area contributed by atoms with Gasteiger partial charge in [-0.2, -0.15) is 0 Å². The number of carbonyl (C=O) groups excluding carboxylic acids is 1. The highest BCUT2D eigenvalue weighted by Crippen LogP contribution is 2.35. The second-order valence-corrected chi connectivity index (χ2v) is 4.75. The number of imidazole rings is 1. The van der Waals surface area contributed by atoms with E-state index in [1.165, 1.54) is 30.2 Å². The van der Waals surface area contributed by atoms with Gasteiger partial charge in [0.25, 0.3) is 0 Å². The fraction of sp³-hybridized carbons (Fsp3) is 0.636. The summed E-state index contributed by atoms with van der Waals surface area (Å²) in [6, 6.07) is -0.0931. The van der Waals surface area contributed by atoms with E-state index in [4.69, 9.17) is 0 Å². The fourth-order valence-electron chi connectivity index (χ4n) is 1.95. The number of rotatable bonds is 2. The van der Waals surface area contributed by atoms with Gasteiger partial charge in [0.05, 0.1) is 0 Å². The molecule has 1 heterocycles. The molecule has 1 aliphatic rings. The summed E-state index contributed by atoms with van der Waals surface area (Å²) in [5, 5.41) is 3.04. The Morgan fingerprint density at radius 1 is 1.53 bits per heavy atom. The summed E-state index contributed by atoms with van der Waals surface area (Å²) in [5.41, 5.74) is -0.112. The second-order valence-electron chi connectivity index (χ2n) is 4.75. The van der Waals surface area contributed by atoms with Crippen molar-refractivity contribution < 1.29 is 4.79 Å². The summed E-state index contributed by atoms with van der Waals surface area (Å²) in [7, 11) is 0. The zero-order valence-corrected chi connectivity index (χ0v) is 9.23. The molecule has 0 unspecified atom stereocenters. The first-order chi connectivity index (χ1) is 7.09. The van der Waals surface area contributed by atoms with Gasteiger partial charge in [-0.05, 0) is 32.6 Å². The van der Waals surface area contributed by atoms with E-state index in [2.05, 4.69) is 24.1 Å². The molecule has 1 saturated carbocycles. The van der Waals surface area contributed by atoms with Crippen molar-refractivity contribution >= 4 is 6.03 Å². The van der Waals surface area contributed by atoms with Crippen LogP contribution in [-0.2, 0) is 0 Å². The van der Waals surface area contributed by atoms with Crippen LogP contribution >= 0.6 is 0 Å². The zero-order valence-electron chi connectivity index (χ0n) is 9.23. The van der Waals surface area contributed by atoms with Crippen LogP contribution in [-0.4, -0.2) is 21.1 Å². The highest BCUT2D eigenvalue weighted by atomic mass is 16.2. The Morgan fingerprint density at radius 2 is 2.27 bits per heavy atom. The molecule has 0 aliphatic heterocycles. The molecule has 4 heteroatoms. The predicted molar refractivity (Wildman–Crippen MR) is 57.6 cm³/mol. The Bertz CT molecular complexity index is 339. The average Bonchev–Trinajstić information content (AvgIpc) is 2.48. The van der Waals surface area contributed by atoms with Gasteiger partial charge in [-0.25, -0.2) is 9.78 Å². The van der Waals surface area contributed by atoms with Crippen molar-refractivity contribution in [3.63, 3.8) is 0 Å². The minimum absolute atomic E-state index is 0.0931. The van der Waals surface area contributed by atoms with Crippen LogP contribution < -0.4 is 5.32 Å². The molecule has 1 N–H and O–H groups in total. The summed E-state index contributed by atoms with van der Waals surface area (Å²) in [6.07, 6.45) is 8.51. The van der Waals surface area contributed by atoms with Gasteiger partial charge in [0.15, 0.2) is 0 Å². The van der Waals surface area contributed by atoms with Gasteiger partial charge < -0.3 is 5.32 Å². The molecule has 15 heavy (non-hydrogen) atoms. The number of amides is 1. The molecule has 1 fully saturated rings. The second kappa shape index (κ2) is 3.68. The van der Waals surface area contributed by atoms with Crippen LogP contribution in [0.4, 0.5) is 4.79 Å². The minimum atomic E-state index is -0.112. The zero-order chi connectivity index (χ0) is 10.9. The Hall–Kier alpha value is -1.32. The van der Waals surface area contributed by atoms with Gasteiger partial charge >= 0.3 is 6.03 Å². The minimum Gasteiger partial charge on any atom is -0.332 e. The van der Waals surface area contributed by atoms with Crippen LogP contribution in [0.25, 0.3) is 0 Å². The maximum atomic E-state index is 11.8. The third-order valence-electron chi connectivity index (χ3n) is 3.29. The van der Waals surface area contributed by atoms with E-state index in [-0.39, 0.29) is 11.6 Å². The van der Waals surface area contributed by atoms with Crippen LogP contribution in [0.3, 0.4) is 0 Å². The van der Waals surface area contributed by atoms with Crippen LogP contribution in [0.2, 0.25) is 0 Å². The molecule has 0 radical (unpaired) electrons. The quantitative estimate of drug-likeness (QED) is 0.806. The molecular formula is C11H17N3O. The van der Waals surface area contributed by atoms with Gasteiger partial charge in [0.2, 0.25) is 0 Å². The third-order valence-corrected chi connectivity index (χ3v) is 3.29. The van der Waals surface area contributed by atoms with Crippen LogP contribution in [0.15, 0.2) is 18.7 Å². The van der Waals surface area contributed by atoms with Crippen molar-refractivity contribution in [2.24, 2.45) is 5.92 Å². The van der Waals surface area contributed by atoms with Crippen molar-refractivity contribution in [2.45, 2.75) is 38.6 Å². The standard InChI is InChI=1S/C11H17N3O/c1-11(2,9-4-3-5-9)13-10(15)14-7-6-12-8-14/h6-9H,3-5H2,1-2H3,(H,13,15). The molecule has 4 nitrogen and oxygen atoms in total. The topological polar surface area (TPSA) is 46.9 Å². The normalized spacial score (nSPS) is 17.2. The van der Waals surface area contributed by atoms with Gasteiger partial charge in [-0.3, -0.25) is 4.57 Å². The van der Waals surface area contributed by atoms with Crippen molar-refractivity contribution in [3.8, 4) is 0 Å². The lowest BCUT2D eigenvalue weighted by atomic mass is 9.73. The smallest absolute Gasteiger partial charge is 0.327 e. The van der Waals surface area contributed by atoms with E-state index < -0.39 is 0 Å². The van der Waals surface area contributed by atoms with Crippen LogP contribution in [0.1, 0.15) is 33.1 Å². The first-order valence-electron chi connectivity index (χ1n) is 5.40. The van der Waals surface area contributed by atoms with Crippen molar-refractivity contribution in [1.29, 1.82) is 0 Å². The van der Waals surface area contributed by atoms with Gasteiger partial charge in [-0.15, -0.1) is 0 Å². The summed E-state index contributed by atoms with van der Waals surface area (Å²) in [6.45, 7) is 4.18. The maximum Gasteiger partial charge on any atom is 0.327 e. The summed E-state index contributed by atoms with van der Waals surface area (Å²) in [5.74, 6) is 0.616. The predicted octanol–water partition coefficient (Wildman–Crippen LogP) is 2.02. The molecule has 1 aliphatic carbocycles. The molecule has 2 rings (SSSR count). The van der Waals surface area contributed by atoms with Gasteiger partial charge in [0.1, 0.15) is 6.33 Å². The van der Waals surface area contributed by atoms with Gasteiger partial charge in [0, 0.05) is 17.9 Å². The monoisotopic (exact) mass is 207 g/mol. The first kappa shape index (κ1) is 10.2. The lowest BCUT2D eigenvalue weighted by Crippen LogP contribution is -2.52. The molecule has 1 aromatic rings. The Morgan fingerprint density at radius 3 is 2.73 bits per heavy atom. The third kappa shape index (κ3) is 2.03. The Labute approximate surface area is 89.7 Å². The van der Waals surface area contributed by atoms with Gasteiger partial charge in [-0.1, -0.05) is 6.42 Å². The summed E-state index contributed by atoms with van der Waals surface area (Å²) in [4.78, 5) is 15.6. The molecule has 0 saturated heterocycles. The van der Waals surface area contributed by atoms with E-state index in [1.807, 2.05) is 0 Å². The molecule has 0 aromatic carbocycles. The number of nitrogens with one attached hydrogen (secondary N) is 1. The lowest BCUT2D eigenvalue weighted by molar-refractivity contribution is 0.159. The van der Waals surface area contributed by atoms with E-state index in [0.29, 0.717) is 5.92 Å². The largest absolute Gasteiger partial charge is 0.332 e. The molecular weight excluding hydrogens is 190 g/mol. The number of nitrogens with zero attached hydrogens (tertiary/aromatic N) is 2. The van der Waals surface area contributed by atoms with Crippen molar-refractivity contribution in [2.75, 3.05) is 0 Å². The average molecular weight is 207 g/mol. The highest BCUT2D eigenvalue weighted by Gasteiger charge is 2.35. The molecule has 0 spiro atoms. The summed E-state index contributed by atoms with van der Waals surface area (Å²) < 4.78 is 1.47. The Kier molecular flexibility index (Phi) is 2.50. The molecule has 82 valence electrons. The molecule has 1 aromatic heterocycles. The lowest BCUT2D eigenvalue weighted by Gasteiger charge is -2.40. The molecule has 0 atom stereocenters. The Balaban J connectivity index is 1.98. The van der Waals surface area contributed by atoms with E-state index in [9.17, 15) is 4.79 Å². The summed E-state index contributed by atoms with van der Waals surface area (Å²) >= 11 is 0. The van der Waals surface area contributed by atoms with Crippen LogP contribution in [0.5, 0.6) is 0 Å².